The number of aliphatic hydroxyl groups is 1. The first-order valence-corrected chi connectivity index (χ1v) is 37.8. The van der Waals surface area contributed by atoms with E-state index in [1.165, 1.54) is 122 Å². The van der Waals surface area contributed by atoms with Gasteiger partial charge in [-0.2, -0.15) is 0 Å². The smallest absolute Gasteiger partial charge is 0.462 e. The van der Waals surface area contributed by atoms with Crippen LogP contribution in [0.3, 0.4) is 0 Å². The molecular weight excluding hydrogens is 1140 g/mol. The van der Waals surface area contributed by atoms with Gasteiger partial charge >= 0.3 is 39.5 Å². The molecule has 5 atom stereocenters. The molecule has 0 aromatic rings. The summed E-state index contributed by atoms with van der Waals surface area (Å²) in [7, 11) is -9.89. The molecule has 19 heteroatoms. The molecule has 0 aliphatic rings. The number of phosphoric acid groups is 2. The van der Waals surface area contributed by atoms with E-state index in [1.807, 2.05) is 0 Å². The third kappa shape index (κ3) is 60.9. The predicted octanol–water partition coefficient (Wildman–Crippen LogP) is 18.7. The fourth-order valence-electron chi connectivity index (χ4n) is 10.0. The number of hydrogen-bond acceptors (Lipinski definition) is 15. The zero-order valence-corrected chi connectivity index (χ0v) is 57.6. The van der Waals surface area contributed by atoms with E-state index in [4.69, 9.17) is 37.0 Å². The molecule has 510 valence electrons. The van der Waals surface area contributed by atoms with Crippen LogP contribution in [0.1, 0.15) is 331 Å². The fourth-order valence-corrected chi connectivity index (χ4v) is 11.6. The van der Waals surface area contributed by atoms with Gasteiger partial charge in [-0.1, -0.05) is 280 Å². The van der Waals surface area contributed by atoms with Gasteiger partial charge in [0.15, 0.2) is 12.2 Å². The fraction of sp³-hybridized carbons (Fsp3) is 0.940. The van der Waals surface area contributed by atoms with Crippen LogP contribution in [0, 0.1) is 17.8 Å². The average Bonchev–Trinajstić information content (AvgIpc) is 3.66. The SMILES string of the molecule is CCCCCCCCCC(=O)OC[C@H](COP(=O)(O)OC[C@H](O)COP(=O)(O)OC[C@@H](COC(=O)CCCCCCCCC(C)C)OC(=O)CCCCCCCCCCCCCCCCCCCCC(C)C)OC(=O)CCCCCCCCC(C)C. The molecule has 0 amide bonds. The maximum Gasteiger partial charge on any atom is 0.472 e. The summed E-state index contributed by atoms with van der Waals surface area (Å²) in [5.74, 6) is 0.0265. The van der Waals surface area contributed by atoms with Gasteiger partial charge in [0.2, 0.25) is 0 Å². The Labute approximate surface area is 524 Å². The third-order valence-corrected chi connectivity index (χ3v) is 17.3. The van der Waals surface area contributed by atoms with Crippen LogP contribution >= 0.6 is 15.6 Å². The Balaban J connectivity index is 5.09. The summed E-state index contributed by atoms with van der Waals surface area (Å²) in [6.45, 7) is 11.6. The van der Waals surface area contributed by atoms with Gasteiger partial charge in [-0.15, -0.1) is 0 Å². The molecule has 3 N–H and O–H groups in total. The minimum Gasteiger partial charge on any atom is -0.462 e. The van der Waals surface area contributed by atoms with E-state index in [0.717, 1.165) is 115 Å². The van der Waals surface area contributed by atoms with Gasteiger partial charge in [-0.05, 0) is 43.4 Å². The number of rotatable bonds is 65. The lowest BCUT2D eigenvalue weighted by molar-refractivity contribution is -0.161. The lowest BCUT2D eigenvalue weighted by Crippen LogP contribution is -2.30. The number of hydrogen-bond donors (Lipinski definition) is 3. The van der Waals surface area contributed by atoms with Crippen LogP contribution in [-0.4, -0.2) is 96.7 Å². The molecule has 0 aliphatic carbocycles. The number of ether oxygens (including phenoxy) is 4. The molecule has 0 aromatic heterocycles. The Morgan fingerprint density at radius 2 is 0.535 bits per heavy atom. The highest BCUT2D eigenvalue weighted by molar-refractivity contribution is 7.47. The van der Waals surface area contributed by atoms with Gasteiger partial charge in [-0.3, -0.25) is 37.3 Å². The van der Waals surface area contributed by atoms with Crippen molar-refractivity contribution < 1.29 is 80.2 Å². The van der Waals surface area contributed by atoms with Gasteiger partial charge < -0.3 is 33.8 Å². The molecule has 0 aromatic carbocycles. The maximum absolute atomic E-state index is 13.0. The second-order valence-electron chi connectivity index (χ2n) is 25.6. The third-order valence-electron chi connectivity index (χ3n) is 15.4. The Bertz CT molecular complexity index is 1700. The van der Waals surface area contributed by atoms with Crippen LogP contribution in [-0.2, 0) is 65.4 Å². The summed E-state index contributed by atoms with van der Waals surface area (Å²) < 4.78 is 67.9. The van der Waals surface area contributed by atoms with E-state index in [2.05, 4.69) is 48.5 Å². The lowest BCUT2D eigenvalue weighted by atomic mass is 10.0. The molecule has 0 heterocycles. The molecule has 0 aliphatic heterocycles. The number of esters is 4. The van der Waals surface area contributed by atoms with Crippen molar-refractivity contribution >= 4 is 39.5 Å². The zero-order valence-electron chi connectivity index (χ0n) is 55.8. The number of aliphatic hydroxyl groups excluding tert-OH is 1. The molecule has 0 fully saturated rings. The molecule has 0 saturated carbocycles. The summed E-state index contributed by atoms with van der Waals surface area (Å²) in [4.78, 5) is 72.1. The molecule has 0 spiro atoms. The summed E-state index contributed by atoms with van der Waals surface area (Å²) >= 11 is 0. The highest BCUT2D eigenvalue weighted by Crippen LogP contribution is 2.45. The van der Waals surface area contributed by atoms with Crippen molar-refractivity contribution in [2.75, 3.05) is 39.6 Å². The monoisotopic (exact) mass is 1270 g/mol. The Kier molecular flexibility index (Phi) is 56.9. The highest BCUT2D eigenvalue weighted by atomic mass is 31.2. The van der Waals surface area contributed by atoms with Crippen LogP contribution < -0.4 is 0 Å². The maximum atomic E-state index is 13.0. The van der Waals surface area contributed by atoms with Crippen LogP contribution in [0.2, 0.25) is 0 Å². The van der Waals surface area contributed by atoms with Gasteiger partial charge in [-0.25, -0.2) is 9.13 Å². The van der Waals surface area contributed by atoms with E-state index >= 15 is 0 Å². The van der Waals surface area contributed by atoms with Crippen molar-refractivity contribution in [1.29, 1.82) is 0 Å². The van der Waals surface area contributed by atoms with Gasteiger partial charge in [0.1, 0.15) is 19.3 Å². The standard InChI is InChI=1S/C67H130O17P2/c1-8-9-10-11-24-34-41-48-64(69)77-54-63(84-67(72)51-44-37-30-28-33-40-47-60(6)7)57-82-86(75,76)80-53-61(68)52-79-85(73,74)81-56-62(55-78-65(70)49-42-35-29-27-32-39-46-59(4)5)83-66(71)50-43-36-26-23-21-19-17-15-13-12-14-16-18-20-22-25-31-38-45-58(2)3/h58-63,68H,8-57H2,1-7H3,(H,73,74)(H,75,76)/t61-,62-,63-/m1/s1. The highest BCUT2D eigenvalue weighted by Gasteiger charge is 2.30. The molecule has 17 nitrogen and oxygen atoms in total. The van der Waals surface area contributed by atoms with Crippen LogP contribution in [0.15, 0.2) is 0 Å². The Morgan fingerprint density at radius 1 is 0.314 bits per heavy atom. The second kappa shape index (κ2) is 58.2. The van der Waals surface area contributed by atoms with Crippen molar-refractivity contribution in [3.05, 3.63) is 0 Å². The topological polar surface area (TPSA) is 237 Å². The van der Waals surface area contributed by atoms with E-state index in [0.29, 0.717) is 37.5 Å². The second-order valence-corrected chi connectivity index (χ2v) is 28.5. The van der Waals surface area contributed by atoms with Crippen molar-refractivity contribution in [1.82, 2.24) is 0 Å². The normalized spacial score (nSPS) is 14.3. The van der Waals surface area contributed by atoms with E-state index in [9.17, 15) is 43.2 Å². The van der Waals surface area contributed by atoms with Crippen molar-refractivity contribution in [3.63, 3.8) is 0 Å². The summed E-state index contributed by atoms with van der Waals surface area (Å²) in [6.07, 6.45) is 41.0. The molecule has 86 heavy (non-hydrogen) atoms. The first-order valence-electron chi connectivity index (χ1n) is 34.8. The van der Waals surface area contributed by atoms with Crippen molar-refractivity contribution in [2.24, 2.45) is 17.8 Å². The molecule has 0 bridgehead atoms. The van der Waals surface area contributed by atoms with Gasteiger partial charge in [0.25, 0.3) is 0 Å². The van der Waals surface area contributed by atoms with Gasteiger partial charge in [0.05, 0.1) is 26.4 Å². The lowest BCUT2D eigenvalue weighted by Gasteiger charge is -2.21. The van der Waals surface area contributed by atoms with Gasteiger partial charge in [0, 0.05) is 25.7 Å². The van der Waals surface area contributed by atoms with Crippen molar-refractivity contribution in [2.45, 2.75) is 349 Å². The predicted molar refractivity (Wildman–Crippen MR) is 344 cm³/mol. The zero-order chi connectivity index (χ0) is 63.8. The minimum atomic E-state index is -4.95. The Morgan fingerprint density at radius 3 is 0.791 bits per heavy atom. The molecule has 0 saturated heterocycles. The summed E-state index contributed by atoms with van der Waals surface area (Å²) in [5, 5.41) is 10.5. The first-order chi connectivity index (χ1) is 41.2. The quantitative estimate of drug-likeness (QED) is 0.0222. The van der Waals surface area contributed by atoms with Crippen LogP contribution in [0.25, 0.3) is 0 Å². The number of unbranched alkanes of at least 4 members (excludes halogenated alkanes) is 33. The molecule has 0 radical (unpaired) electrons. The Hall–Kier alpha value is -1.94. The average molecular weight is 1270 g/mol. The first kappa shape index (κ1) is 84.1. The van der Waals surface area contributed by atoms with E-state index < -0.39 is 97.5 Å². The molecule has 0 rings (SSSR count). The number of phosphoric ester groups is 2. The van der Waals surface area contributed by atoms with E-state index in [-0.39, 0.29) is 25.7 Å². The number of carbonyl (C=O) groups excluding carboxylic acids is 4. The van der Waals surface area contributed by atoms with Crippen LogP contribution in [0.4, 0.5) is 0 Å². The summed E-state index contributed by atoms with van der Waals surface area (Å²) in [5.41, 5.74) is 0. The minimum absolute atomic E-state index is 0.101. The van der Waals surface area contributed by atoms with Crippen LogP contribution in [0.5, 0.6) is 0 Å². The molecule has 2 unspecified atom stereocenters. The summed E-state index contributed by atoms with van der Waals surface area (Å²) in [6, 6.07) is 0. The molecular formula is C67H130O17P2. The largest absolute Gasteiger partial charge is 0.472 e. The number of carbonyl (C=O) groups is 4. The van der Waals surface area contributed by atoms with Crippen molar-refractivity contribution in [3.8, 4) is 0 Å². The van der Waals surface area contributed by atoms with E-state index in [1.54, 1.807) is 0 Å².